The Morgan fingerprint density at radius 2 is 2.06 bits per heavy atom. The molecule has 0 unspecified atom stereocenters. The molecule has 5 heteroatoms. The molecule has 0 saturated carbocycles. The maximum Gasteiger partial charge on any atom is 0.414 e. The summed E-state index contributed by atoms with van der Waals surface area (Å²) in [5, 5.41) is 8.76. The molecule has 1 aliphatic heterocycles. The normalized spacial score (nSPS) is 15.2. The van der Waals surface area contributed by atoms with Crippen LogP contribution in [0.3, 0.4) is 0 Å². The van der Waals surface area contributed by atoms with Gasteiger partial charge in [-0.15, -0.1) is 0 Å². The zero-order chi connectivity index (χ0) is 13.2. The lowest BCUT2D eigenvalue weighted by atomic mass is 10.1. The van der Waals surface area contributed by atoms with E-state index in [1.807, 2.05) is 6.07 Å². The van der Waals surface area contributed by atoms with E-state index in [1.165, 1.54) is 11.0 Å². The van der Waals surface area contributed by atoms with Crippen LogP contribution in [0.5, 0.6) is 0 Å². The number of allylic oxidation sites excluding steroid dienone is 2. The second kappa shape index (κ2) is 4.57. The first kappa shape index (κ1) is 12.2. The summed E-state index contributed by atoms with van der Waals surface area (Å²) in [4.78, 5) is 1.46. The molecule has 0 bridgehead atoms. The molecule has 0 aromatic heterocycles. The summed E-state index contributed by atoms with van der Waals surface area (Å²) < 4.78 is 37.8. The molecule has 18 heavy (non-hydrogen) atoms. The molecule has 0 aliphatic carbocycles. The Labute approximate surface area is 102 Å². The van der Waals surface area contributed by atoms with Gasteiger partial charge in [-0.2, -0.15) is 18.4 Å². The molecule has 2 nitrogen and oxygen atoms in total. The van der Waals surface area contributed by atoms with E-state index in [4.69, 9.17) is 5.26 Å². The Morgan fingerprint density at radius 1 is 1.28 bits per heavy atom. The van der Waals surface area contributed by atoms with E-state index in [-0.39, 0.29) is 6.54 Å². The van der Waals surface area contributed by atoms with E-state index in [0.29, 0.717) is 11.3 Å². The van der Waals surface area contributed by atoms with Crippen LogP contribution in [-0.2, 0) is 0 Å². The van der Waals surface area contributed by atoms with Gasteiger partial charge in [0.1, 0.15) is 0 Å². The molecule has 1 aliphatic rings. The van der Waals surface area contributed by atoms with Crippen LogP contribution in [0.25, 0.3) is 0 Å². The van der Waals surface area contributed by atoms with E-state index in [0.717, 1.165) is 6.08 Å². The zero-order valence-electron chi connectivity index (χ0n) is 9.28. The molecular weight excluding hydrogens is 241 g/mol. The lowest BCUT2D eigenvalue weighted by molar-refractivity contribution is -0.0923. The summed E-state index contributed by atoms with van der Waals surface area (Å²) in [6.45, 7) is -0.241. The third kappa shape index (κ3) is 2.54. The van der Waals surface area contributed by atoms with E-state index in [1.54, 1.807) is 30.5 Å². The van der Waals surface area contributed by atoms with Gasteiger partial charge in [-0.25, -0.2) is 0 Å². The molecule has 0 spiro atoms. The van der Waals surface area contributed by atoms with Crippen molar-refractivity contribution in [2.75, 3.05) is 11.4 Å². The summed E-state index contributed by atoms with van der Waals surface area (Å²) in [7, 11) is 0. The molecule has 1 heterocycles. The molecule has 0 amide bonds. The molecule has 0 atom stereocenters. The number of nitriles is 1. The predicted molar refractivity (Wildman–Crippen MR) is 61.8 cm³/mol. The van der Waals surface area contributed by atoms with Gasteiger partial charge >= 0.3 is 6.18 Å². The van der Waals surface area contributed by atoms with Crippen molar-refractivity contribution in [3.05, 3.63) is 53.8 Å². The lowest BCUT2D eigenvalue weighted by Gasteiger charge is -2.25. The van der Waals surface area contributed by atoms with Gasteiger partial charge in [0, 0.05) is 11.9 Å². The topological polar surface area (TPSA) is 27.0 Å². The Bertz CT molecular complexity index is 550. The van der Waals surface area contributed by atoms with Crippen molar-refractivity contribution in [2.24, 2.45) is 0 Å². The number of rotatable bonds is 1. The average molecular weight is 250 g/mol. The van der Waals surface area contributed by atoms with Crippen molar-refractivity contribution in [2.45, 2.75) is 6.18 Å². The minimum absolute atomic E-state index is 0.241. The Balaban J connectivity index is 2.25. The van der Waals surface area contributed by atoms with Gasteiger partial charge < -0.3 is 4.90 Å². The van der Waals surface area contributed by atoms with Crippen LogP contribution in [0.2, 0.25) is 0 Å². The largest absolute Gasteiger partial charge is 0.414 e. The third-order valence-electron chi connectivity index (χ3n) is 2.58. The highest BCUT2D eigenvalue weighted by Crippen LogP contribution is 2.30. The minimum Gasteiger partial charge on any atom is -0.344 e. The fourth-order valence-corrected chi connectivity index (χ4v) is 1.67. The maximum atomic E-state index is 12.6. The summed E-state index contributed by atoms with van der Waals surface area (Å²) >= 11 is 0. The summed E-state index contributed by atoms with van der Waals surface area (Å²) in [6, 6.07) is 8.45. The monoisotopic (exact) mass is 250 g/mol. The highest BCUT2D eigenvalue weighted by atomic mass is 19.4. The Morgan fingerprint density at radius 3 is 2.72 bits per heavy atom. The highest BCUT2D eigenvalue weighted by molar-refractivity contribution is 5.56. The van der Waals surface area contributed by atoms with Gasteiger partial charge in [-0.3, -0.25) is 0 Å². The highest BCUT2D eigenvalue weighted by Gasteiger charge is 2.34. The number of nitrogens with zero attached hydrogens (tertiary/aromatic N) is 2. The number of hydrogen-bond acceptors (Lipinski definition) is 2. The molecule has 2 rings (SSSR count). The number of hydrogen-bond donors (Lipinski definition) is 0. The molecule has 92 valence electrons. The smallest absolute Gasteiger partial charge is 0.344 e. The average Bonchev–Trinajstić information content (AvgIpc) is 2.38. The van der Waals surface area contributed by atoms with E-state index in [9.17, 15) is 13.2 Å². The number of anilines is 1. The van der Waals surface area contributed by atoms with Crippen molar-refractivity contribution in [1.82, 2.24) is 0 Å². The molecule has 1 aromatic carbocycles. The van der Waals surface area contributed by atoms with Gasteiger partial charge in [0.15, 0.2) is 0 Å². The van der Waals surface area contributed by atoms with Crippen LogP contribution in [-0.4, -0.2) is 12.7 Å². The lowest BCUT2D eigenvalue weighted by Crippen LogP contribution is -2.28. The summed E-state index contributed by atoms with van der Waals surface area (Å²) in [5.41, 5.74) is 0.386. The second-order valence-corrected chi connectivity index (χ2v) is 3.82. The molecule has 0 N–H and O–H groups in total. The van der Waals surface area contributed by atoms with Crippen molar-refractivity contribution >= 4 is 5.69 Å². The van der Waals surface area contributed by atoms with E-state index < -0.39 is 11.7 Å². The van der Waals surface area contributed by atoms with Gasteiger partial charge in [0.2, 0.25) is 0 Å². The molecule has 0 radical (unpaired) electrons. The van der Waals surface area contributed by atoms with Crippen LogP contribution in [0.1, 0.15) is 5.56 Å². The SMILES string of the molecule is N#Cc1cccc(N2C=CC=C(C(F)(F)F)C2)c1. The summed E-state index contributed by atoms with van der Waals surface area (Å²) in [5.74, 6) is 0. The van der Waals surface area contributed by atoms with E-state index >= 15 is 0 Å². The molecule has 1 aromatic rings. The summed E-state index contributed by atoms with van der Waals surface area (Å²) in [6.07, 6.45) is -0.350. The molecular formula is C13H9F3N2. The molecule has 0 fully saturated rings. The zero-order valence-corrected chi connectivity index (χ0v) is 9.28. The van der Waals surface area contributed by atoms with Crippen molar-refractivity contribution in [3.8, 4) is 6.07 Å². The first-order chi connectivity index (χ1) is 8.50. The Hall–Kier alpha value is -2.22. The van der Waals surface area contributed by atoms with Crippen molar-refractivity contribution < 1.29 is 13.2 Å². The van der Waals surface area contributed by atoms with Crippen LogP contribution < -0.4 is 4.90 Å². The standard InChI is InChI=1S/C13H9F3N2/c14-13(15,16)11-4-2-6-18(9-11)12-5-1-3-10(7-12)8-17/h1-7H,9H2. The molecule has 0 saturated heterocycles. The van der Waals surface area contributed by atoms with Gasteiger partial charge in [0.25, 0.3) is 0 Å². The predicted octanol–water partition coefficient (Wildman–Crippen LogP) is 3.38. The number of benzene rings is 1. The van der Waals surface area contributed by atoms with Gasteiger partial charge in [0.05, 0.1) is 23.8 Å². The fourth-order valence-electron chi connectivity index (χ4n) is 1.67. The Kier molecular flexibility index (Phi) is 3.11. The minimum atomic E-state index is -4.32. The van der Waals surface area contributed by atoms with Gasteiger partial charge in [-0.05, 0) is 24.3 Å². The van der Waals surface area contributed by atoms with E-state index in [2.05, 4.69) is 0 Å². The van der Waals surface area contributed by atoms with Crippen molar-refractivity contribution in [3.63, 3.8) is 0 Å². The first-order valence-corrected chi connectivity index (χ1v) is 5.22. The van der Waals surface area contributed by atoms with Crippen LogP contribution in [0.4, 0.5) is 18.9 Å². The second-order valence-electron chi connectivity index (χ2n) is 3.82. The van der Waals surface area contributed by atoms with Gasteiger partial charge in [-0.1, -0.05) is 12.1 Å². The third-order valence-corrected chi connectivity index (χ3v) is 2.58. The van der Waals surface area contributed by atoms with Crippen LogP contribution >= 0.6 is 0 Å². The number of halogens is 3. The quantitative estimate of drug-likeness (QED) is 0.764. The first-order valence-electron chi connectivity index (χ1n) is 5.22. The maximum absolute atomic E-state index is 12.6. The van der Waals surface area contributed by atoms with Crippen LogP contribution in [0, 0.1) is 11.3 Å². The number of alkyl halides is 3. The fraction of sp³-hybridized carbons (Fsp3) is 0.154. The van der Waals surface area contributed by atoms with Crippen molar-refractivity contribution in [1.29, 1.82) is 5.26 Å². The van der Waals surface area contributed by atoms with Crippen LogP contribution in [0.15, 0.2) is 48.2 Å².